The molecule has 10 heteroatoms. The molecule has 2 heterocycles. The molecule has 0 radical (unpaired) electrons. The predicted octanol–water partition coefficient (Wildman–Crippen LogP) is 5.79. The first-order valence-electron chi connectivity index (χ1n) is 12.1. The molecule has 1 atom stereocenters. The lowest BCUT2D eigenvalue weighted by Crippen LogP contribution is -2.31. The molecule has 0 aliphatic carbocycles. The number of halogens is 4. The van der Waals surface area contributed by atoms with Crippen LogP contribution in [0.15, 0.2) is 40.3 Å². The standard InChI is InChI=1S/C26H29ClF3N3O2S/c1-3-19-21(15-32-10-6-5-7-11-32)22(26(28,29)30)13-20-24(19)31-16-33(25(20)34)14-17-12-18(27)8-9-23(17)36(35)4-2/h8-9,12-13,16H,3-7,10-11,14-15H2,1-2H3. The molecule has 1 aliphatic heterocycles. The van der Waals surface area contributed by atoms with Crippen LogP contribution in [0.3, 0.4) is 0 Å². The zero-order valence-electron chi connectivity index (χ0n) is 20.3. The molecule has 1 unspecified atom stereocenters. The lowest BCUT2D eigenvalue weighted by Gasteiger charge is -2.29. The van der Waals surface area contributed by atoms with E-state index in [9.17, 15) is 22.2 Å². The molecule has 1 aromatic heterocycles. The van der Waals surface area contributed by atoms with Crippen LogP contribution in [0.4, 0.5) is 13.2 Å². The number of alkyl halides is 3. The molecule has 1 aliphatic rings. The second-order valence-electron chi connectivity index (χ2n) is 9.03. The van der Waals surface area contributed by atoms with Crippen LogP contribution in [0.25, 0.3) is 10.9 Å². The molecular formula is C26H29ClF3N3O2S. The van der Waals surface area contributed by atoms with Crippen molar-refractivity contribution < 1.29 is 17.4 Å². The van der Waals surface area contributed by atoms with Gasteiger partial charge in [0.2, 0.25) is 0 Å². The van der Waals surface area contributed by atoms with Crippen molar-refractivity contribution in [2.24, 2.45) is 0 Å². The molecule has 4 rings (SSSR count). The van der Waals surface area contributed by atoms with Gasteiger partial charge in [0.15, 0.2) is 0 Å². The molecule has 0 amide bonds. The summed E-state index contributed by atoms with van der Waals surface area (Å²) in [4.78, 5) is 20.5. The number of rotatable bonds is 7. The first-order valence-corrected chi connectivity index (χ1v) is 13.8. The van der Waals surface area contributed by atoms with E-state index in [1.54, 1.807) is 32.0 Å². The fraction of sp³-hybridized carbons (Fsp3) is 0.462. The number of hydrogen-bond acceptors (Lipinski definition) is 4. The van der Waals surface area contributed by atoms with Crippen molar-refractivity contribution >= 4 is 33.3 Å². The van der Waals surface area contributed by atoms with E-state index in [0.717, 1.165) is 38.4 Å². The van der Waals surface area contributed by atoms with Gasteiger partial charge in [0, 0.05) is 22.2 Å². The molecule has 1 saturated heterocycles. The van der Waals surface area contributed by atoms with Crippen LogP contribution >= 0.6 is 11.6 Å². The van der Waals surface area contributed by atoms with Crippen molar-refractivity contribution in [2.75, 3.05) is 18.8 Å². The number of nitrogens with zero attached hydrogens (tertiary/aromatic N) is 3. The molecule has 5 nitrogen and oxygen atoms in total. The summed E-state index contributed by atoms with van der Waals surface area (Å²) in [5.74, 6) is 0.383. The summed E-state index contributed by atoms with van der Waals surface area (Å²) in [6, 6.07) is 5.87. The number of piperidine rings is 1. The van der Waals surface area contributed by atoms with Crippen molar-refractivity contribution in [1.29, 1.82) is 0 Å². The summed E-state index contributed by atoms with van der Waals surface area (Å²) < 4.78 is 56.5. The van der Waals surface area contributed by atoms with Crippen LogP contribution in [-0.4, -0.2) is 37.5 Å². The second-order valence-corrected chi connectivity index (χ2v) is 11.2. The third-order valence-corrected chi connectivity index (χ3v) is 8.34. The molecule has 0 N–H and O–H groups in total. The summed E-state index contributed by atoms with van der Waals surface area (Å²) in [6.45, 7) is 5.28. The van der Waals surface area contributed by atoms with Crippen molar-refractivity contribution in [2.45, 2.75) is 63.7 Å². The Bertz CT molecular complexity index is 1350. The molecule has 3 aromatic rings. The number of hydrogen-bond donors (Lipinski definition) is 0. The zero-order chi connectivity index (χ0) is 26.0. The average Bonchev–Trinajstić information content (AvgIpc) is 2.85. The van der Waals surface area contributed by atoms with Gasteiger partial charge < -0.3 is 0 Å². The maximum atomic E-state index is 14.3. The minimum Gasteiger partial charge on any atom is -0.299 e. The predicted molar refractivity (Wildman–Crippen MR) is 137 cm³/mol. The summed E-state index contributed by atoms with van der Waals surface area (Å²) >= 11 is 6.14. The van der Waals surface area contributed by atoms with Gasteiger partial charge in [-0.25, -0.2) is 4.98 Å². The fourth-order valence-electron chi connectivity index (χ4n) is 4.91. The van der Waals surface area contributed by atoms with Crippen LogP contribution in [0.5, 0.6) is 0 Å². The molecule has 194 valence electrons. The van der Waals surface area contributed by atoms with Crippen molar-refractivity contribution in [3.8, 4) is 0 Å². The van der Waals surface area contributed by atoms with Gasteiger partial charge in [-0.15, -0.1) is 0 Å². The summed E-state index contributed by atoms with van der Waals surface area (Å²) in [7, 11) is -1.29. The molecule has 1 fully saturated rings. The number of benzene rings is 2. The fourth-order valence-corrected chi connectivity index (χ4v) is 6.06. The van der Waals surface area contributed by atoms with Gasteiger partial charge in [-0.1, -0.05) is 31.9 Å². The highest BCUT2D eigenvalue weighted by molar-refractivity contribution is 7.85. The number of fused-ring (bicyclic) bond motifs is 1. The van der Waals surface area contributed by atoms with Crippen LogP contribution in [0, 0.1) is 0 Å². The van der Waals surface area contributed by atoms with Crippen molar-refractivity contribution in [3.63, 3.8) is 0 Å². The maximum Gasteiger partial charge on any atom is 0.416 e. The number of aromatic nitrogens is 2. The van der Waals surface area contributed by atoms with E-state index in [1.807, 2.05) is 0 Å². The van der Waals surface area contributed by atoms with E-state index in [4.69, 9.17) is 11.6 Å². The second kappa shape index (κ2) is 11.0. The Kier molecular flexibility index (Phi) is 8.22. The van der Waals surface area contributed by atoms with Gasteiger partial charge in [-0.3, -0.25) is 18.5 Å². The van der Waals surface area contributed by atoms with E-state index in [2.05, 4.69) is 9.88 Å². The highest BCUT2D eigenvalue weighted by Gasteiger charge is 2.36. The Morgan fingerprint density at radius 2 is 1.78 bits per heavy atom. The minimum atomic E-state index is -4.60. The Hall–Kier alpha value is -2.23. The topological polar surface area (TPSA) is 55.2 Å². The molecule has 0 saturated carbocycles. The SMILES string of the molecule is CCc1c(CN2CCCCC2)c(C(F)(F)F)cc2c(=O)n(Cc3cc(Cl)ccc3S(=O)CC)cnc12. The lowest BCUT2D eigenvalue weighted by molar-refractivity contribution is -0.138. The van der Waals surface area contributed by atoms with Crippen molar-refractivity contribution in [1.82, 2.24) is 14.5 Å². The molecular weight excluding hydrogens is 511 g/mol. The Morgan fingerprint density at radius 1 is 1.06 bits per heavy atom. The summed E-state index contributed by atoms with van der Waals surface area (Å²) in [5, 5.41) is 0.350. The summed E-state index contributed by atoms with van der Waals surface area (Å²) in [6.07, 6.45) is 0.105. The van der Waals surface area contributed by atoms with Gasteiger partial charge in [-0.05, 0) is 73.3 Å². The Morgan fingerprint density at radius 3 is 2.42 bits per heavy atom. The van der Waals surface area contributed by atoms with Crippen LogP contribution in [-0.2, 0) is 36.5 Å². The van der Waals surface area contributed by atoms with Crippen LogP contribution < -0.4 is 5.56 Å². The molecule has 36 heavy (non-hydrogen) atoms. The van der Waals surface area contributed by atoms with E-state index >= 15 is 0 Å². The smallest absolute Gasteiger partial charge is 0.299 e. The largest absolute Gasteiger partial charge is 0.416 e. The lowest BCUT2D eigenvalue weighted by atomic mass is 9.94. The maximum absolute atomic E-state index is 14.3. The number of likely N-dealkylation sites (tertiary alicyclic amines) is 1. The van der Waals surface area contributed by atoms with Gasteiger partial charge in [0.25, 0.3) is 5.56 Å². The third-order valence-electron chi connectivity index (χ3n) is 6.70. The van der Waals surface area contributed by atoms with E-state index in [0.29, 0.717) is 38.7 Å². The monoisotopic (exact) mass is 539 g/mol. The van der Waals surface area contributed by atoms with Crippen LogP contribution in [0.2, 0.25) is 5.02 Å². The molecule has 0 bridgehead atoms. The zero-order valence-corrected chi connectivity index (χ0v) is 21.9. The average molecular weight is 540 g/mol. The van der Waals surface area contributed by atoms with E-state index < -0.39 is 28.1 Å². The van der Waals surface area contributed by atoms with Crippen molar-refractivity contribution in [3.05, 3.63) is 68.2 Å². The Balaban J connectivity index is 1.86. The van der Waals surface area contributed by atoms with Gasteiger partial charge >= 0.3 is 6.18 Å². The molecule has 0 spiro atoms. The first kappa shape index (κ1) is 26.8. The molecule has 2 aromatic carbocycles. The van der Waals surface area contributed by atoms with Crippen LogP contribution in [0.1, 0.15) is 55.4 Å². The minimum absolute atomic E-state index is 0.00173. The highest BCUT2D eigenvalue weighted by Crippen LogP contribution is 2.37. The quantitative estimate of drug-likeness (QED) is 0.381. The highest BCUT2D eigenvalue weighted by atomic mass is 35.5. The normalized spacial score (nSPS) is 15.9. The van der Waals surface area contributed by atoms with Gasteiger partial charge in [0.05, 0.1) is 40.1 Å². The first-order chi connectivity index (χ1) is 17.1. The van der Waals surface area contributed by atoms with E-state index in [1.165, 1.54) is 10.9 Å². The Labute approximate surface area is 215 Å². The summed E-state index contributed by atoms with van der Waals surface area (Å²) in [5.41, 5.74) is 0.203. The van der Waals surface area contributed by atoms with Gasteiger partial charge in [-0.2, -0.15) is 13.2 Å². The number of aryl methyl sites for hydroxylation is 1. The van der Waals surface area contributed by atoms with Gasteiger partial charge in [0.1, 0.15) is 0 Å². The third kappa shape index (κ3) is 5.53. The van der Waals surface area contributed by atoms with E-state index in [-0.39, 0.29) is 24.0 Å².